The van der Waals surface area contributed by atoms with Gasteiger partial charge in [-0.25, -0.2) is 0 Å². The van der Waals surface area contributed by atoms with Crippen LogP contribution in [0.2, 0.25) is 0 Å². The molecule has 0 aromatic rings. The third-order valence-corrected chi connectivity index (χ3v) is 1.81. The first-order valence-electron chi connectivity index (χ1n) is 3.54. The monoisotopic (exact) mass is 134 g/mol. The van der Waals surface area contributed by atoms with Crippen molar-refractivity contribution in [1.82, 2.24) is 5.01 Å². The van der Waals surface area contributed by atoms with E-state index < -0.39 is 0 Å². The Bertz CT molecular complexity index is 225. The van der Waals surface area contributed by atoms with Gasteiger partial charge in [0.15, 0.2) is 0 Å². The number of allylic oxidation sites excluding steroid dienone is 2. The maximum atomic E-state index is 4.32. The fourth-order valence-corrected chi connectivity index (χ4v) is 1.34. The average Bonchev–Trinajstić information content (AvgIpc) is 2.27. The van der Waals surface area contributed by atoms with E-state index in [0.29, 0.717) is 6.04 Å². The lowest BCUT2D eigenvalue weighted by atomic mass is 10.1. The Morgan fingerprint density at radius 3 is 3.30 bits per heavy atom. The van der Waals surface area contributed by atoms with Crippen molar-refractivity contribution in [3.63, 3.8) is 0 Å². The molecule has 2 heteroatoms. The molecule has 1 atom stereocenters. The Kier molecular flexibility index (Phi) is 1.13. The van der Waals surface area contributed by atoms with Gasteiger partial charge in [0.1, 0.15) is 0 Å². The van der Waals surface area contributed by atoms with Gasteiger partial charge in [0.25, 0.3) is 0 Å². The van der Waals surface area contributed by atoms with E-state index >= 15 is 0 Å². The van der Waals surface area contributed by atoms with Crippen molar-refractivity contribution >= 4 is 5.71 Å². The summed E-state index contributed by atoms with van der Waals surface area (Å²) in [6.07, 6.45) is 9.37. The second kappa shape index (κ2) is 1.97. The molecule has 0 bridgehead atoms. The fraction of sp³-hybridized carbons (Fsp3) is 0.375. The highest BCUT2D eigenvalue weighted by Gasteiger charge is 2.20. The number of fused-ring (bicyclic) bond motifs is 1. The summed E-state index contributed by atoms with van der Waals surface area (Å²) in [7, 11) is 0. The standard InChI is InChI=1S/C8H10N2/c1-7-6-8-4-2-3-5-10(8)9-7/h2-5,8H,6H2,1H3. The van der Waals surface area contributed by atoms with Gasteiger partial charge in [-0.05, 0) is 13.0 Å². The SMILES string of the molecule is CC1=NN2C=CC=CC2C1. The molecule has 1 unspecified atom stereocenters. The van der Waals surface area contributed by atoms with Gasteiger partial charge in [0, 0.05) is 18.3 Å². The molecule has 0 saturated carbocycles. The molecule has 0 aromatic carbocycles. The summed E-state index contributed by atoms with van der Waals surface area (Å²) in [5.74, 6) is 0. The minimum absolute atomic E-state index is 0.505. The number of rotatable bonds is 0. The van der Waals surface area contributed by atoms with E-state index in [-0.39, 0.29) is 0 Å². The molecule has 2 nitrogen and oxygen atoms in total. The maximum absolute atomic E-state index is 4.32. The smallest absolute Gasteiger partial charge is 0.0755 e. The zero-order valence-corrected chi connectivity index (χ0v) is 5.99. The van der Waals surface area contributed by atoms with Crippen LogP contribution in [-0.4, -0.2) is 16.8 Å². The van der Waals surface area contributed by atoms with Crippen LogP contribution in [0.4, 0.5) is 0 Å². The molecule has 0 aliphatic carbocycles. The van der Waals surface area contributed by atoms with Gasteiger partial charge in [-0.3, -0.25) is 5.01 Å². The Labute approximate surface area is 60.5 Å². The predicted octanol–water partition coefficient (Wildman–Crippen LogP) is 1.52. The fourth-order valence-electron chi connectivity index (χ4n) is 1.34. The van der Waals surface area contributed by atoms with Crippen molar-refractivity contribution < 1.29 is 0 Å². The minimum atomic E-state index is 0.505. The summed E-state index contributed by atoms with van der Waals surface area (Å²) in [5.41, 5.74) is 1.22. The molecule has 10 heavy (non-hydrogen) atoms. The summed E-state index contributed by atoms with van der Waals surface area (Å²) < 4.78 is 0. The van der Waals surface area contributed by atoms with Gasteiger partial charge in [0.2, 0.25) is 0 Å². The Morgan fingerprint density at radius 1 is 1.60 bits per heavy atom. The third-order valence-electron chi connectivity index (χ3n) is 1.81. The first-order valence-corrected chi connectivity index (χ1v) is 3.54. The summed E-state index contributed by atoms with van der Waals surface area (Å²) in [5, 5.41) is 6.33. The van der Waals surface area contributed by atoms with Crippen molar-refractivity contribution in [2.75, 3.05) is 0 Å². The van der Waals surface area contributed by atoms with E-state index in [1.165, 1.54) is 5.71 Å². The molecule has 2 aliphatic rings. The number of hydrogen-bond acceptors (Lipinski definition) is 2. The molecule has 2 rings (SSSR count). The number of hydrazone groups is 1. The number of hydrogen-bond donors (Lipinski definition) is 0. The Balaban J connectivity index is 2.24. The Morgan fingerprint density at radius 2 is 2.50 bits per heavy atom. The van der Waals surface area contributed by atoms with Crippen molar-refractivity contribution in [2.24, 2.45) is 5.10 Å². The van der Waals surface area contributed by atoms with Crippen LogP contribution in [0.25, 0.3) is 0 Å². The van der Waals surface area contributed by atoms with E-state index in [9.17, 15) is 0 Å². The molecule has 0 amide bonds. The summed E-state index contributed by atoms with van der Waals surface area (Å²) in [6, 6.07) is 0.505. The van der Waals surface area contributed by atoms with Gasteiger partial charge in [-0.1, -0.05) is 12.2 Å². The van der Waals surface area contributed by atoms with Crippen LogP contribution >= 0.6 is 0 Å². The van der Waals surface area contributed by atoms with Crippen LogP contribution in [0.5, 0.6) is 0 Å². The molecule has 2 heterocycles. The van der Waals surface area contributed by atoms with Crippen molar-refractivity contribution in [3.05, 3.63) is 24.4 Å². The average molecular weight is 134 g/mol. The molecule has 0 saturated heterocycles. The second-order valence-electron chi connectivity index (χ2n) is 2.71. The van der Waals surface area contributed by atoms with E-state index in [4.69, 9.17) is 0 Å². The normalized spacial score (nSPS) is 28.7. The highest BCUT2D eigenvalue weighted by Crippen LogP contribution is 2.19. The molecule has 0 spiro atoms. The lowest BCUT2D eigenvalue weighted by molar-refractivity contribution is 0.368. The minimum Gasteiger partial charge on any atom is -0.266 e. The van der Waals surface area contributed by atoms with E-state index in [2.05, 4.69) is 24.2 Å². The molecular formula is C8H10N2. The lowest BCUT2D eigenvalue weighted by Gasteiger charge is -2.17. The predicted molar refractivity (Wildman–Crippen MR) is 41.6 cm³/mol. The van der Waals surface area contributed by atoms with Crippen LogP contribution in [-0.2, 0) is 0 Å². The van der Waals surface area contributed by atoms with Gasteiger partial charge in [-0.2, -0.15) is 5.10 Å². The number of nitrogens with zero attached hydrogens (tertiary/aromatic N) is 2. The molecular weight excluding hydrogens is 124 g/mol. The molecule has 0 N–H and O–H groups in total. The quantitative estimate of drug-likeness (QED) is 0.490. The zero-order chi connectivity index (χ0) is 6.97. The van der Waals surface area contributed by atoms with Gasteiger partial charge < -0.3 is 0 Å². The summed E-state index contributed by atoms with van der Waals surface area (Å²) in [4.78, 5) is 0. The van der Waals surface area contributed by atoms with Crippen molar-refractivity contribution in [3.8, 4) is 0 Å². The van der Waals surface area contributed by atoms with Gasteiger partial charge >= 0.3 is 0 Å². The first kappa shape index (κ1) is 5.71. The van der Waals surface area contributed by atoms with E-state index in [0.717, 1.165) is 6.42 Å². The van der Waals surface area contributed by atoms with Crippen LogP contribution < -0.4 is 0 Å². The summed E-state index contributed by atoms with van der Waals surface area (Å²) in [6.45, 7) is 2.07. The van der Waals surface area contributed by atoms with E-state index in [1.807, 2.05) is 17.3 Å². The van der Waals surface area contributed by atoms with Crippen LogP contribution in [0.1, 0.15) is 13.3 Å². The van der Waals surface area contributed by atoms with Crippen molar-refractivity contribution in [2.45, 2.75) is 19.4 Å². The second-order valence-corrected chi connectivity index (χ2v) is 2.71. The highest BCUT2D eigenvalue weighted by atomic mass is 15.5. The van der Waals surface area contributed by atoms with E-state index in [1.54, 1.807) is 0 Å². The van der Waals surface area contributed by atoms with Crippen LogP contribution in [0.3, 0.4) is 0 Å². The highest BCUT2D eigenvalue weighted by molar-refractivity contribution is 5.84. The van der Waals surface area contributed by atoms with Gasteiger partial charge in [0.05, 0.1) is 6.04 Å². The lowest BCUT2D eigenvalue weighted by Crippen LogP contribution is -2.20. The first-order chi connectivity index (χ1) is 4.86. The molecule has 52 valence electrons. The molecule has 2 aliphatic heterocycles. The molecule has 0 aromatic heterocycles. The molecule has 0 fully saturated rings. The largest absolute Gasteiger partial charge is 0.266 e. The zero-order valence-electron chi connectivity index (χ0n) is 5.99. The Hall–Kier alpha value is -1.05. The third kappa shape index (κ3) is 0.764. The van der Waals surface area contributed by atoms with Gasteiger partial charge in [-0.15, -0.1) is 0 Å². The molecule has 0 radical (unpaired) electrons. The topological polar surface area (TPSA) is 15.6 Å². The maximum Gasteiger partial charge on any atom is 0.0755 e. The van der Waals surface area contributed by atoms with Crippen LogP contribution in [0, 0.1) is 0 Å². The summed E-state index contributed by atoms with van der Waals surface area (Å²) >= 11 is 0. The van der Waals surface area contributed by atoms with Crippen LogP contribution in [0.15, 0.2) is 29.5 Å². The van der Waals surface area contributed by atoms with Crippen molar-refractivity contribution in [1.29, 1.82) is 0 Å².